The van der Waals surface area contributed by atoms with Crippen molar-refractivity contribution in [1.29, 1.82) is 0 Å². The molecule has 1 aromatic carbocycles. The zero-order valence-corrected chi connectivity index (χ0v) is 12.8. The van der Waals surface area contributed by atoms with Crippen LogP contribution in [0.5, 0.6) is 0 Å². The summed E-state index contributed by atoms with van der Waals surface area (Å²) < 4.78 is 0. The van der Waals surface area contributed by atoms with E-state index in [1.807, 2.05) is 0 Å². The molecule has 1 fully saturated rings. The van der Waals surface area contributed by atoms with Gasteiger partial charge in [-0.2, -0.15) is 0 Å². The van der Waals surface area contributed by atoms with Gasteiger partial charge in [-0.1, -0.05) is 29.6 Å². The fourth-order valence-corrected chi connectivity index (χ4v) is 3.75. The molecule has 7 heteroatoms. The van der Waals surface area contributed by atoms with Crippen LogP contribution >= 0.6 is 35.0 Å². The van der Waals surface area contributed by atoms with Crippen molar-refractivity contribution >= 4 is 52.5 Å². The molecule has 0 aromatic heterocycles. The largest absolute Gasteiger partial charge is 0.478 e. The SMILES string of the molecule is O=C(O)c1cc(Cl)c(NC(=O)C2CCCCS2)c(Cl)c1. The molecule has 1 heterocycles. The third-order valence-electron chi connectivity index (χ3n) is 3.01. The molecule has 0 bridgehead atoms. The van der Waals surface area contributed by atoms with Crippen LogP contribution in [0.25, 0.3) is 0 Å². The molecule has 1 amide bonds. The molecule has 1 unspecified atom stereocenters. The monoisotopic (exact) mass is 333 g/mol. The van der Waals surface area contributed by atoms with E-state index >= 15 is 0 Å². The van der Waals surface area contributed by atoms with Crippen LogP contribution in [0.4, 0.5) is 5.69 Å². The molecular weight excluding hydrogens is 321 g/mol. The Labute approximate surface area is 130 Å². The van der Waals surface area contributed by atoms with Crippen LogP contribution < -0.4 is 5.32 Å². The third-order valence-corrected chi connectivity index (χ3v) is 4.98. The van der Waals surface area contributed by atoms with E-state index in [0.717, 1.165) is 25.0 Å². The van der Waals surface area contributed by atoms with Gasteiger partial charge in [0.05, 0.1) is 26.5 Å². The van der Waals surface area contributed by atoms with Crippen LogP contribution in [0.2, 0.25) is 10.0 Å². The molecule has 1 aliphatic heterocycles. The smallest absolute Gasteiger partial charge is 0.335 e. The molecule has 4 nitrogen and oxygen atoms in total. The first-order valence-corrected chi connectivity index (χ1v) is 7.94. The Bertz CT molecular complexity index is 521. The van der Waals surface area contributed by atoms with Gasteiger partial charge in [-0.05, 0) is 30.7 Å². The van der Waals surface area contributed by atoms with E-state index in [1.165, 1.54) is 12.1 Å². The van der Waals surface area contributed by atoms with Crippen LogP contribution in [0, 0.1) is 0 Å². The van der Waals surface area contributed by atoms with Gasteiger partial charge >= 0.3 is 5.97 Å². The van der Waals surface area contributed by atoms with Crippen molar-refractivity contribution in [3.8, 4) is 0 Å². The first kappa shape index (κ1) is 15.5. The zero-order valence-electron chi connectivity index (χ0n) is 10.5. The Balaban J connectivity index is 2.16. The lowest BCUT2D eigenvalue weighted by Gasteiger charge is -2.21. The Morgan fingerprint density at radius 2 is 1.90 bits per heavy atom. The van der Waals surface area contributed by atoms with E-state index in [-0.39, 0.29) is 32.5 Å². The topological polar surface area (TPSA) is 66.4 Å². The average Bonchev–Trinajstić information content (AvgIpc) is 2.43. The number of amides is 1. The number of benzene rings is 1. The number of rotatable bonds is 3. The van der Waals surface area contributed by atoms with Crippen LogP contribution in [0.3, 0.4) is 0 Å². The highest BCUT2D eigenvalue weighted by atomic mass is 35.5. The number of carboxylic acid groups (broad SMARTS) is 1. The number of aromatic carboxylic acids is 1. The minimum absolute atomic E-state index is 0.00922. The number of anilines is 1. The first-order chi connectivity index (χ1) is 9.49. The summed E-state index contributed by atoms with van der Waals surface area (Å²) in [6, 6.07) is 2.55. The van der Waals surface area contributed by atoms with E-state index in [0.29, 0.717) is 0 Å². The maximum absolute atomic E-state index is 12.1. The van der Waals surface area contributed by atoms with Gasteiger partial charge in [-0.25, -0.2) is 4.79 Å². The van der Waals surface area contributed by atoms with Crippen molar-refractivity contribution in [3.63, 3.8) is 0 Å². The number of hydrogen-bond acceptors (Lipinski definition) is 3. The Morgan fingerprint density at radius 3 is 2.40 bits per heavy atom. The number of hydrogen-bond donors (Lipinski definition) is 2. The Hall–Kier alpha value is -0.910. The molecule has 108 valence electrons. The van der Waals surface area contributed by atoms with Crippen LogP contribution in [0.1, 0.15) is 29.6 Å². The van der Waals surface area contributed by atoms with Gasteiger partial charge in [0.1, 0.15) is 0 Å². The lowest BCUT2D eigenvalue weighted by Crippen LogP contribution is -2.27. The quantitative estimate of drug-likeness (QED) is 0.879. The van der Waals surface area contributed by atoms with E-state index in [9.17, 15) is 9.59 Å². The van der Waals surface area contributed by atoms with E-state index in [1.54, 1.807) is 11.8 Å². The minimum atomic E-state index is -1.12. The van der Waals surface area contributed by atoms with Gasteiger partial charge in [0.2, 0.25) is 5.91 Å². The summed E-state index contributed by atoms with van der Waals surface area (Å²) in [6.45, 7) is 0. The van der Waals surface area contributed by atoms with Gasteiger partial charge in [0, 0.05) is 0 Å². The summed E-state index contributed by atoms with van der Waals surface area (Å²) in [5.74, 6) is -0.284. The van der Waals surface area contributed by atoms with Gasteiger partial charge in [-0.3, -0.25) is 4.79 Å². The van der Waals surface area contributed by atoms with Crippen molar-refractivity contribution in [2.45, 2.75) is 24.5 Å². The van der Waals surface area contributed by atoms with Gasteiger partial charge in [0.25, 0.3) is 0 Å². The van der Waals surface area contributed by atoms with E-state index in [4.69, 9.17) is 28.3 Å². The maximum atomic E-state index is 12.1. The van der Waals surface area contributed by atoms with E-state index < -0.39 is 5.97 Å². The summed E-state index contributed by atoms with van der Waals surface area (Å²) in [6.07, 6.45) is 2.99. The fraction of sp³-hybridized carbons (Fsp3) is 0.385. The minimum Gasteiger partial charge on any atom is -0.478 e. The highest BCUT2D eigenvalue weighted by molar-refractivity contribution is 8.00. The number of nitrogens with one attached hydrogen (secondary N) is 1. The highest BCUT2D eigenvalue weighted by Gasteiger charge is 2.23. The highest BCUT2D eigenvalue weighted by Crippen LogP contribution is 2.33. The lowest BCUT2D eigenvalue weighted by molar-refractivity contribution is -0.115. The number of carbonyl (C=O) groups excluding carboxylic acids is 1. The molecule has 2 N–H and O–H groups in total. The number of carbonyl (C=O) groups is 2. The van der Waals surface area contributed by atoms with E-state index in [2.05, 4.69) is 5.32 Å². The molecule has 0 radical (unpaired) electrons. The Kier molecular flexibility index (Phi) is 5.18. The molecule has 1 saturated heterocycles. The normalized spacial score (nSPS) is 18.6. The lowest BCUT2D eigenvalue weighted by atomic mass is 10.1. The third kappa shape index (κ3) is 3.59. The molecule has 1 aliphatic rings. The number of thioether (sulfide) groups is 1. The second kappa shape index (κ2) is 6.70. The van der Waals surface area contributed by atoms with Crippen LogP contribution in [0.15, 0.2) is 12.1 Å². The zero-order chi connectivity index (χ0) is 14.7. The molecular formula is C13H13Cl2NO3S. The summed E-state index contributed by atoms with van der Waals surface area (Å²) in [7, 11) is 0. The fourth-order valence-electron chi connectivity index (χ4n) is 1.97. The van der Waals surface area contributed by atoms with Crippen LogP contribution in [-0.2, 0) is 4.79 Å². The first-order valence-electron chi connectivity index (χ1n) is 6.14. The summed E-state index contributed by atoms with van der Waals surface area (Å²) in [4.78, 5) is 23.0. The summed E-state index contributed by atoms with van der Waals surface area (Å²) in [5.41, 5.74) is 0.263. The van der Waals surface area contributed by atoms with Gasteiger partial charge in [0.15, 0.2) is 0 Å². The molecule has 0 spiro atoms. The summed E-state index contributed by atoms with van der Waals surface area (Å²) in [5, 5.41) is 11.8. The molecule has 1 atom stereocenters. The van der Waals surface area contributed by atoms with Gasteiger partial charge in [-0.15, -0.1) is 11.8 Å². The second-order valence-electron chi connectivity index (χ2n) is 4.46. The van der Waals surface area contributed by atoms with Crippen LogP contribution in [-0.4, -0.2) is 28.0 Å². The molecule has 20 heavy (non-hydrogen) atoms. The van der Waals surface area contributed by atoms with Crippen molar-refractivity contribution in [2.75, 3.05) is 11.1 Å². The van der Waals surface area contributed by atoms with Crippen molar-refractivity contribution in [1.82, 2.24) is 0 Å². The maximum Gasteiger partial charge on any atom is 0.335 e. The second-order valence-corrected chi connectivity index (χ2v) is 6.59. The molecule has 0 aliphatic carbocycles. The molecule has 2 rings (SSSR count). The predicted molar refractivity (Wildman–Crippen MR) is 82.1 cm³/mol. The molecule has 1 aromatic rings. The summed E-state index contributed by atoms with van der Waals surface area (Å²) >= 11 is 13.6. The molecule has 0 saturated carbocycles. The average molecular weight is 334 g/mol. The number of halogens is 2. The number of carboxylic acids is 1. The predicted octanol–water partition coefficient (Wildman–Crippen LogP) is 3.92. The van der Waals surface area contributed by atoms with Gasteiger partial charge < -0.3 is 10.4 Å². The van der Waals surface area contributed by atoms with Crippen molar-refractivity contribution < 1.29 is 14.7 Å². The Morgan fingerprint density at radius 1 is 1.25 bits per heavy atom. The van der Waals surface area contributed by atoms with Crippen molar-refractivity contribution in [3.05, 3.63) is 27.7 Å². The van der Waals surface area contributed by atoms with Crippen molar-refractivity contribution in [2.24, 2.45) is 0 Å². The standard InChI is InChI=1S/C13H13Cl2NO3S/c14-8-5-7(13(18)19)6-9(15)11(8)16-12(17)10-3-1-2-4-20-10/h5-6,10H,1-4H2,(H,16,17)(H,18,19).